The van der Waals surface area contributed by atoms with Crippen LogP contribution >= 0.6 is 15.9 Å². The van der Waals surface area contributed by atoms with Gasteiger partial charge in [-0.3, -0.25) is 4.79 Å². The fraction of sp³-hybridized carbons (Fsp3) is 0.176. The predicted molar refractivity (Wildman–Crippen MR) is 95.7 cm³/mol. The number of benzene rings is 2. The summed E-state index contributed by atoms with van der Waals surface area (Å²) >= 11 is 3.39. The summed E-state index contributed by atoms with van der Waals surface area (Å²) in [5, 5.41) is 7.78. The summed E-state index contributed by atoms with van der Waals surface area (Å²) in [6.45, 7) is 3.57. The SMILES string of the molecule is Cc1cc(Br)cc(C)c1NC(=O)NCC(=O)Nc1ccc(F)cc1. The molecule has 0 radical (unpaired) electrons. The Kier molecular flexibility index (Phi) is 5.92. The van der Waals surface area contributed by atoms with Crippen molar-refractivity contribution in [2.24, 2.45) is 0 Å². The van der Waals surface area contributed by atoms with E-state index in [0.717, 1.165) is 15.6 Å². The molecule has 0 bridgehead atoms. The van der Waals surface area contributed by atoms with Crippen LogP contribution in [-0.4, -0.2) is 18.5 Å². The zero-order valence-corrected chi connectivity index (χ0v) is 14.8. The van der Waals surface area contributed by atoms with E-state index in [4.69, 9.17) is 0 Å². The van der Waals surface area contributed by atoms with E-state index >= 15 is 0 Å². The Hall–Kier alpha value is -2.41. The summed E-state index contributed by atoms with van der Waals surface area (Å²) in [5.74, 6) is -0.785. The molecule has 3 amide bonds. The van der Waals surface area contributed by atoms with E-state index in [1.807, 2.05) is 26.0 Å². The number of anilines is 2. The minimum Gasteiger partial charge on any atom is -0.329 e. The highest BCUT2D eigenvalue weighted by atomic mass is 79.9. The average molecular weight is 394 g/mol. The number of aryl methyl sites for hydroxylation is 2. The van der Waals surface area contributed by atoms with E-state index in [1.54, 1.807) is 0 Å². The highest BCUT2D eigenvalue weighted by Gasteiger charge is 2.10. The van der Waals surface area contributed by atoms with Crippen LogP contribution < -0.4 is 16.0 Å². The topological polar surface area (TPSA) is 70.2 Å². The summed E-state index contributed by atoms with van der Waals surface area (Å²) in [7, 11) is 0. The minimum absolute atomic E-state index is 0.197. The Labute approximate surface area is 147 Å². The molecule has 7 heteroatoms. The second-order valence-electron chi connectivity index (χ2n) is 5.28. The number of halogens is 2. The molecule has 0 atom stereocenters. The lowest BCUT2D eigenvalue weighted by molar-refractivity contribution is -0.115. The van der Waals surface area contributed by atoms with Crippen LogP contribution in [0.15, 0.2) is 40.9 Å². The van der Waals surface area contributed by atoms with Crippen LogP contribution in [0.3, 0.4) is 0 Å². The molecule has 0 fully saturated rings. The first-order valence-electron chi connectivity index (χ1n) is 7.22. The second kappa shape index (κ2) is 7.92. The Morgan fingerprint density at radius 1 is 1.04 bits per heavy atom. The van der Waals surface area contributed by atoms with Gasteiger partial charge >= 0.3 is 6.03 Å². The third-order valence-corrected chi connectivity index (χ3v) is 3.73. The molecule has 2 aromatic carbocycles. The van der Waals surface area contributed by atoms with Gasteiger partial charge < -0.3 is 16.0 Å². The van der Waals surface area contributed by atoms with Gasteiger partial charge in [-0.2, -0.15) is 0 Å². The molecule has 0 aliphatic rings. The van der Waals surface area contributed by atoms with Crippen LogP contribution in [0.1, 0.15) is 11.1 Å². The van der Waals surface area contributed by atoms with Crippen LogP contribution in [0.2, 0.25) is 0 Å². The van der Waals surface area contributed by atoms with Gasteiger partial charge in [0.2, 0.25) is 5.91 Å². The van der Waals surface area contributed by atoms with E-state index in [-0.39, 0.29) is 12.4 Å². The molecule has 2 aromatic rings. The maximum Gasteiger partial charge on any atom is 0.319 e. The van der Waals surface area contributed by atoms with Crippen molar-refractivity contribution in [2.75, 3.05) is 17.2 Å². The van der Waals surface area contributed by atoms with E-state index in [0.29, 0.717) is 11.4 Å². The number of nitrogens with one attached hydrogen (secondary N) is 3. The van der Waals surface area contributed by atoms with Gasteiger partial charge in [-0.05, 0) is 61.4 Å². The number of hydrogen-bond donors (Lipinski definition) is 3. The Balaban J connectivity index is 1.87. The molecule has 24 heavy (non-hydrogen) atoms. The number of carbonyl (C=O) groups excluding carboxylic acids is 2. The number of urea groups is 1. The number of rotatable bonds is 4. The van der Waals surface area contributed by atoms with Gasteiger partial charge in [-0.15, -0.1) is 0 Å². The lowest BCUT2D eigenvalue weighted by atomic mass is 10.1. The van der Waals surface area contributed by atoms with Crippen molar-refractivity contribution in [3.05, 3.63) is 57.8 Å². The normalized spacial score (nSPS) is 10.2. The van der Waals surface area contributed by atoms with Gasteiger partial charge in [0.25, 0.3) is 0 Å². The minimum atomic E-state index is -0.474. The van der Waals surface area contributed by atoms with Gasteiger partial charge in [-0.25, -0.2) is 9.18 Å². The Bertz CT molecular complexity index is 740. The van der Waals surface area contributed by atoms with E-state index in [9.17, 15) is 14.0 Å². The summed E-state index contributed by atoms with van der Waals surface area (Å²) in [4.78, 5) is 23.7. The largest absolute Gasteiger partial charge is 0.329 e. The summed E-state index contributed by atoms with van der Waals surface area (Å²) in [6.07, 6.45) is 0. The average Bonchev–Trinajstić information content (AvgIpc) is 2.51. The van der Waals surface area contributed by atoms with Crippen LogP contribution in [0, 0.1) is 19.7 Å². The molecular formula is C17H17BrFN3O2. The molecule has 5 nitrogen and oxygen atoms in total. The molecule has 3 N–H and O–H groups in total. The maximum atomic E-state index is 12.8. The number of hydrogen-bond acceptors (Lipinski definition) is 2. The molecule has 0 unspecified atom stereocenters. The molecule has 0 heterocycles. The van der Waals surface area contributed by atoms with Crippen LogP contribution in [0.4, 0.5) is 20.6 Å². The highest BCUT2D eigenvalue weighted by Crippen LogP contribution is 2.24. The molecule has 0 aromatic heterocycles. The maximum absolute atomic E-state index is 12.8. The molecule has 0 aliphatic heterocycles. The fourth-order valence-corrected chi connectivity index (χ4v) is 2.85. The quantitative estimate of drug-likeness (QED) is 0.735. The second-order valence-corrected chi connectivity index (χ2v) is 6.19. The van der Waals surface area contributed by atoms with E-state index in [2.05, 4.69) is 31.9 Å². The molecule has 0 saturated heterocycles. The summed E-state index contributed by atoms with van der Waals surface area (Å²) in [6, 6.07) is 8.69. The van der Waals surface area contributed by atoms with Crippen LogP contribution in [0.5, 0.6) is 0 Å². The van der Waals surface area contributed by atoms with Gasteiger partial charge in [0.05, 0.1) is 6.54 Å². The number of carbonyl (C=O) groups is 2. The van der Waals surface area contributed by atoms with Crippen LogP contribution in [0.25, 0.3) is 0 Å². The Morgan fingerprint density at radius 3 is 2.21 bits per heavy atom. The van der Waals surface area contributed by atoms with Gasteiger partial charge in [0.1, 0.15) is 5.82 Å². The molecule has 0 aliphatic carbocycles. The van der Waals surface area contributed by atoms with Crippen molar-refractivity contribution in [3.63, 3.8) is 0 Å². The smallest absolute Gasteiger partial charge is 0.319 e. The van der Waals surface area contributed by atoms with Crippen molar-refractivity contribution < 1.29 is 14.0 Å². The van der Waals surface area contributed by atoms with Gasteiger partial charge in [0, 0.05) is 15.8 Å². The van der Waals surface area contributed by atoms with Crippen molar-refractivity contribution in [1.29, 1.82) is 0 Å². The number of amides is 3. The third-order valence-electron chi connectivity index (χ3n) is 3.27. The molecular weight excluding hydrogens is 377 g/mol. The first-order chi connectivity index (χ1) is 11.3. The van der Waals surface area contributed by atoms with Crippen molar-refractivity contribution in [3.8, 4) is 0 Å². The monoisotopic (exact) mass is 393 g/mol. The van der Waals surface area contributed by atoms with Gasteiger partial charge in [0.15, 0.2) is 0 Å². The van der Waals surface area contributed by atoms with E-state index < -0.39 is 11.9 Å². The lowest BCUT2D eigenvalue weighted by Crippen LogP contribution is -2.36. The summed E-state index contributed by atoms with van der Waals surface area (Å²) in [5.41, 5.74) is 2.98. The van der Waals surface area contributed by atoms with Crippen molar-refractivity contribution in [1.82, 2.24) is 5.32 Å². The van der Waals surface area contributed by atoms with Crippen molar-refractivity contribution >= 4 is 39.2 Å². The first kappa shape index (κ1) is 17.9. The summed E-state index contributed by atoms with van der Waals surface area (Å²) < 4.78 is 13.7. The zero-order valence-electron chi connectivity index (χ0n) is 13.2. The van der Waals surface area contributed by atoms with Crippen molar-refractivity contribution in [2.45, 2.75) is 13.8 Å². The third kappa shape index (κ3) is 5.06. The van der Waals surface area contributed by atoms with E-state index in [1.165, 1.54) is 24.3 Å². The standard InChI is InChI=1S/C17H17BrFN3O2/c1-10-7-12(18)8-11(2)16(10)22-17(24)20-9-15(23)21-14-5-3-13(19)4-6-14/h3-8H,9H2,1-2H3,(H,21,23)(H2,20,22,24). The molecule has 2 rings (SSSR count). The fourth-order valence-electron chi connectivity index (χ4n) is 2.16. The van der Waals surface area contributed by atoms with Crippen LogP contribution in [-0.2, 0) is 4.79 Å². The lowest BCUT2D eigenvalue weighted by Gasteiger charge is -2.13. The first-order valence-corrected chi connectivity index (χ1v) is 8.01. The van der Waals surface area contributed by atoms with Gasteiger partial charge in [-0.1, -0.05) is 15.9 Å². The molecule has 126 valence electrons. The Morgan fingerprint density at radius 2 is 1.62 bits per heavy atom. The molecule has 0 saturated carbocycles. The zero-order chi connectivity index (χ0) is 17.7. The highest BCUT2D eigenvalue weighted by molar-refractivity contribution is 9.10. The predicted octanol–water partition coefficient (Wildman–Crippen LogP) is 3.97. The molecule has 0 spiro atoms.